The van der Waals surface area contributed by atoms with Gasteiger partial charge in [0, 0.05) is 36.7 Å². The molecule has 20 heavy (non-hydrogen) atoms. The van der Waals surface area contributed by atoms with E-state index >= 15 is 0 Å². The lowest BCUT2D eigenvalue weighted by Gasteiger charge is -2.23. The normalized spacial score (nSPS) is 11.1. The van der Waals surface area contributed by atoms with E-state index in [1.54, 1.807) is 6.07 Å². The van der Waals surface area contributed by atoms with E-state index in [-0.39, 0.29) is 5.82 Å². The van der Waals surface area contributed by atoms with Crippen LogP contribution >= 0.6 is 11.5 Å². The summed E-state index contributed by atoms with van der Waals surface area (Å²) >= 11 is 1.36. The van der Waals surface area contributed by atoms with E-state index in [4.69, 9.17) is 0 Å². The van der Waals surface area contributed by atoms with Gasteiger partial charge in [0.1, 0.15) is 11.6 Å². The van der Waals surface area contributed by atoms with Crippen molar-refractivity contribution in [3.63, 3.8) is 0 Å². The molecule has 0 N–H and O–H groups in total. The Bertz CT molecular complexity index is 556. The Morgan fingerprint density at radius 1 is 1.20 bits per heavy atom. The van der Waals surface area contributed by atoms with Crippen LogP contribution in [0.2, 0.25) is 0 Å². The third kappa shape index (κ3) is 3.98. The number of aryl methyl sites for hydroxylation is 1. The summed E-state index contributed by atoms with van der Waals surface area (Å²) < 4.78 is 18.0. The molecule has 0 unspecified atom stereocenters. The van der Waals surface area contributed by atoms with E-state index in [0.717, 1.165) is 24.0 Å². The molecule has 2 rings (SSSR count). The maximum absolute atomic E-state index is 13.8. The first-order valence-corrected chi connectivity index (χ1v) is 7.27. The first kappa shape index (κ1) is 14.9. The first-order valence-electron chi connectivity index (χ1n) is 6.49. The number of anilines is 1. The summed E-state index contributed by atoms with van der Waals surface area (Å²) in [5.41, 5.74) is 0.680. The standard InChI is InChI=1S/C14H19FN4S/c1-11-16-14(20-17-11)19(9-8-18(2)3)10-12-6-4-5-7-13(12)15/h4-7H,8-10H2,1-3H3. The quantitative estimate of drug-likeness (QED) is 0.819. The molecule has 0 atom stereocenters. The van der Waals surface area contributed by atoms with Crippen LogP contribution in [0.1, 0.15) is 11.4 Å². The Balaban J connectivity index is 2.16. The van der Waals surface area contributed by atoms with Gasteiger partial charge in [-0.05, 0) is 27.1 Å². The Morgan fingerprint density at radius 2 is 1.95 bits per heavy atom. The van der Waals surface area contributed by atoms with Gasteiger partial charge in [0.2, 0.25) is 5.13 Å². The van der Waals surface area contributed by atoms with Crippen LogP contribution in [-0.2, 0) is 6.54 Å². The fourth-order valence-electron chi connectivity index (χ4n) is 1.81. The zero-order valence-electron chi connectivity index (χ0n) is 12.0. The van der Waals surface area contributed by atoms with Crippen molar-refractivity contribution in [3.05, 3.63) is 41.5 Å². The first-order chi connectivity index (χ1) is 9.56. The summed E-state index contributed by atoms with van der Waals surface area (Å²) in [6.45, 7) is 4.05. The maximum Gasteiger partial charge on any atom is 0.205 e. The average molecular weight is 294 g/mol. The topological polar surface area (TPSA) is 32.3 Å². The molecule has 0 amide bonds. The summed E-state index contributed by atoms with van der Waals surface area (Å²) in [5.74, 6) is 0.581. The van der Waals surface area contributed by atoms with E-state index in [2.05, 4.69) is 19.2 Å². The molecule has 1 aromatic carbocycles. The van der Waals surface area contributed by atoms with E-state index in [1.165, 1.54) is 17.6 Å². The van der Waals surface area contributed by atoms with Crippen molar-refractivity contribution in [1.29, 1.82) is 0 Å². The molecule has 0 radical (unpaired) electrons. The number of hydrogen-bond acceptors (Lipinski definition) is 5. The van der Waals surface area contributed by atoms with Crippen molar-refractivity contribution < 1.29 is 4.39 Å². The Hall–Kier alpha value is -1.53. The van der Waals surface area contributed by atoms with Gasteiger partial charge in [0.15, 0.2) is 0 Å². The van der Waals surface area contributed by atoms with Crippen LogP contribution in [0.3, 0.4) is 0 Å². The van der Waals surface area contributed by atoms with Gasteiger partial charge in [-0.3, -0.25) is 0 Å². The molecule has 0 saturated heterocycles. The summed E-state index contributed by atoms with van der Waals surface area (Å²) in [6.07, 6.45) is 0. The number of rotatable bonds is 6. The van der Waals surface area contributed by atoms with Crippen molar-refractivity contribution in [2.75, 3.05) is 32.1 Å². The number of aromatic nitrogens is 2. The number of hydrogen-bond donors (Lipinski definition) is 0. The van der Waals surface area contributed by atoms with Crippen LogP contribution in [0.4, 0.5) is 9.52 Å². The summed E-state index contributed by atoms with van der Waals surface area (Å²) in [6, 6.07) is 6.86. The van der Waals surface area contributed by atoms with Gasteiger partial charge in [-0.2, -0.15) is 4.37 Å². The van der Waals surface area contributed by atoms with E-state index in [1.807, 2.05) is 33.2 Å². The van der Waals surface area contributed by atoms with Gasteiger partial charge in [-0.15, -0.1) is 0 Å². The second kappa shape index (κ2) is 6.76. The highest BCUT2D eigenvalue weighted by atomic mass is 32.1. The molecule has 0 aliphatic heterocycles. The zero-order chi connectivity index (χ0) is 14.5. The number of likely N-dealkylation sites (N-methyl/N-ethyl adjacent to an activating group) is 1. The lowest BCUT2D eigenvalue weighted by Crippen LogP contribution is -2.31. The van der Waals surface area contributed by atoms with Crippen molar-refractivity contribution in [1.82, 2.24) is 14.3 Å². The highest BCUT2D eigenvalue weighted by molar-refractivity contribution is 7.09. The third-order valence-corrected chi connectivity index (χ3v) is 3.79. The Labute approximate surface area is 123 Å². The molecule has 4 nitrogen and oxygen atoms in total. The van der Waals surface area contributed by atoms with Gasteiger partial charge < -0.3 is 9.80 Å². The van der Waals surface area contributed by atoms with Crippen molar-refractivity contribution in [2.45, 2.75) is 13.5 Å². The molecular weight excluding hydrogens is 275 g/mol. The lowest BCUT2D eigenvalue weighted by atomic mass is 10.2. The predicted molar refractivity (Wildman–Crippen MR) is 80.7 cm³/mol. The fraction of sp³-hybridized carbons (Fsp3) is 0.429. The molecule has 0 spiro atoms. The second-order valence-electron chi connectivity index (χ2n) is 4.94. The molecule has 1 aromatic heterocycles. The predicted octanol–water partition coefficient (Wildman–Crippen LogP) is 2.55. The van der Waals surface area contributed by atoms with Gasteiger partial charge in [-0.1, -0.05) is 18.2 Å². The monoisotopic (exact) mass is 294 g/mol. The second-order valence-corrected chi connectivity index (χ2v) is 5.67. The van der Waals surface area contributed by atoms with E-state index in [0.29, 0.717) is 12.1 Å². The maximum atomic E-state index is 13.8. The molecule has 2 aromatic rings. The fourth-order valence-corrected chi connectivity index (χ4v) is 2.51. The smallest absolute Gasteiger partial charge is 0.205 e. The molecule has 0 aliphatic carbocycles. The lowest BCUT2D eigenvalue weighted by molar-refractivity contribution is 0.412. The molecule has 0 saturated carbocycles. The van der Waals surface area contributed by atoms with Gasteiger partial charge in [0.05, 0.1) is 0 Å². The van der Waals surface area contributed by atoms with Crippen LogP contribution in [0.5, 0.6) is 0 Å². The molecule has 0 bridgehead atoms. The van der Waals surface area contributed by atoms with Crippen LogP contribution in [0.25, 0.3) is 0 Å². The minimum absolute atomic E-state index is 0.177. The Kier molecular flexibility index (Phi) is 5.03. The van der Waals surface area contributed by atoms with Crippen LogP contribution in [-0.4, -0.2) is 41.4 Å². The number of halogens is 1. The largest absolute Gasteiger partial charge is 0.341 e. The van der Waals surface area contributed by atoms with Gasteiger partial charge in [0.25, 0.3) is 0 Å². The van der Waals surface area contributed by atoms with Crippen molar-refractivity contribution in [3.8, 4) is 0 Å². The number of benzene rings is 1. The highest BCUT2D eigenvalue weighted by Gasteiger charge is 2.14. The molecular formula is C14H19FN4S. The third-order valence-electron chi connectivity index (χ3n) is 2.92. The molecule has 1 heterocycles. The Morgan fingerprint density at radius 3 is 2.55 bits per heavy atom. The summed E-state index contributed by atoms with van der Waals surface area (Å²) in [5, 5.41) is 0.840. The van der Waals surface area contributed by atoms with Crippen LogP contribution < -0.4 is 4.90 Å². The van der Waals surface area contributed by atoms with Crippen LogP contribution in [0.15, 0.2) is 24.3 Å². The van der Waals surface area contributed by atoms with Gasteiger partial charge >= 0.3 is 0 Å². The molecule has 6 heteroatoms. The van der Waals surface area contributed by atoms with E-state index in [9.17, 15) is 4.39 Å². The SMILES string of the molecule is Cc1nsc(N(CCN(C)C)Cc2ccccc2F)n1. The van der Waals surface area contributed by atoms with Crippen LogP contribution in [0, 0.1) is 12.7 Å². The summed E-state index contributed by atoms with van der Waals surface area (Å²) in [4.78, 5) is 8.58. The van der Waals surface area contributed by atoms with E-state index < -0.39 is 0 Å². The van der Waals surface area contributed by atoms with Crippen molar-refractivity contribution in [2.24, 2.45) is 0 Å². The van der Waals surface area contributed by atoms with Crippen molar-refractivity contribution >= 4 is 16.7 Å². The summed E-state index contributed by atoms with van der Waals surface area (Å²) in [7, 11) is 4.04. The highest BCUT2D eigenvalue weighted by Crippen LogP contribution is 2.20. The molecule has 0 fully saturated rings. The zero-order valence-corrected chi connectivity index (χ0v) is 12.8. The minimum Gasteiger partial charge on any atom is -0.341 e. The molecule has 0 aliphatic rings. The average Bonchev–Trinajstić information content (AvgIpc) is 2.83. The molecule has 108 valence electrons. The minimum atomic E-state index is -0.177. The van der Waals surface area contributed by atoms with Gasteiger partial charge in [-0.25, -0.2) is 9.37 Å². The number of nitrogens with zero attached hydrogens (tertiary/aromatic N) is 4.